The summed E-state index contributed by atoms with van der Waals surface area (Å²) in [5.74, 6) is -0.123. The Kier molecular flexibility index (Phi) is 6.99. The number of nitrogens with two attached hydrogens (primary N) is 1. The molecule has 0 aromatic carbocycles. The van der Waals surface area contributed by atoms with Gasteiger partial charge in [0, 0.05) is 13.6 Å². The normalized spacial score (nSPS) is 19.2. The second kappa shape index (κ2) is 8.25. The average molecular weight is 284 g/mol. The zero-order chi connectivity index (χ0) is 15.1. The maximum absolute atomic E-state index is 12.2. The van der Waals surface area contributed by atoms with E-state index in [-0.39, 0.29) is 17.8 Å². The summed E-state index contributed by atoms with van der Waals surface area (Å²) in [5.41, 5.74) is 6.03. The number of rotatable bonds is 6. The highest BCUT2D eigenvalue weighted by molar-refractivity contribution is 5.82. The lowest BCUT2D eigenvalue weighted by Crippen LogP contribution is -2.45. The smallest absolute Gasteiger partial charge is 0.310 e. The zero-order valence-corrected chi connectivity index (χ0v) is 12.9. The van der Waals surface area contributed by atoms with Crippen LogP contribution in [0.3, 0.4) is 0 Å². The molecule has 5 nitrogen and oxygen atoms in total. The number of ether oxygens (including phenoxy) is 1. The Balaban J connectivity index is 2.40. The molecule has 0 aromatic rings. The second-order valence-electron chi connectivity index (χ2n) is 5.99. The molecule has 2 unspecified atom stereocenters. The molecule has 116 valence electrons. The predicted octanol–water partition coefficient (Wildman–Crippen LogP) is 1.55. The predicted molar refractivity (Wildman–Crippen MR) is 78.0 cm³/mol. The minimum absolute atomic E-state index is 0.0775. The van der Waals surface area contributed by atoms with Gasteiger partial charge in [0.25, 0.3) is 0 Å². The van der Waals surface area contributed by atoms with E-state index in [0.29, 0.717) is 12.5 Å². The standard InChI is InChI=1S/C15H28N2O3/c1-11(15(19)20-3)10-17(2)14(18)13(16)9-12-7-5-4-6-8-12/h11-13H,4-10,16H2,1-3H3. The molecule has 5 heteroatoms. The van der Waals surface area contributed by atoms with Gasteiger partial charge in [-0.3, -0.25) is 9.59 Å². The minimum Gasteiger partial charge on any atom is -0.469 e. The quantitative estimate of drug-likeness (QED) is 0.751. The van der Waals surface area contributed by atoms with Crippen molar-refractivity contribution in [2.45, 2.75) is 51.5 Å². The zero-order valence-electron chi connectivity index (χ0n) is 12.9. The Morgan fingerprint density at radius 2 is 1.90 bits per heavy atom. The molecule has 0 bridgehead atoms. The van der Waals surface area contributed by atoms with Crippen molar-refractivity contribution in [3.63, 3.8) is 0 Å². The van der Waals surface area contributed by atoms with E-state index in [2.05, 4.69) is 4.74 Å². The number of amides is 1. The molecule has 0 aromatic heterocycles. The summed E-state index contributed by atoms with van der Waals surface area (Å²) in [5, 5.41) is 0. The third kappa shape index (κ3) is 5.12. The highest BCUT2D eigenvalue weighted by Gasteiger charge is 2.25. The molecule has 1 amide bonds. The van der Waals surface area contributed by atoms with Gasteiger partial charge in [0.1, 0.15) is 0 Å². The van der Waals surface area contributed by atoms with Crippen molar-refractivity contribution >= 4 is 11.9 Å². The van der Waals surface area contributed by atoms with Crippen LogP contribution in [-0.4, -0.2) is 43.5 Å². The van der Waals surface area contributed by atoms with Crippen molar-refractivity contribution < 1.29 is 14.3 Å². The van der Waals surface area contributed by atoms with Crippen molar-refractivity contribution in [1.29, 1.82) is 0 Å². The summed E-state index contributed by atoms with van der Waals surface area (Å²) in [6, 6.07) is -0.451. The summed E-state index contributed by atoms with van der Waals surface area (Å²) >= 11 is 0. The van der Waals surface area contributed by atoms with Crippen molar-refractivity contribution in [3.05, 3.63) is 0 Å². The van der Waals surface area contributed by atoms with E-state index >= 15 is 0 Å². The van der Waals surface area contributed by atoms with E-state index in [1.807, 2.05) is 0 Å². The molecule has 0 heterocycles. The fourth-order valence-corrected chi connectivity index (χ4v) is 2.94. The van der Waals surface area contributed by atoms with Crippen LogP contribution >= 0.6 is 0 Å². The molecule has 1 saturated carbocycles. The van der Waals surface area contributed by atoms with Crippen molar-refractivity contribution in [2.24, 2.45) is 17.6 Å². The number of nitrogens with zero attached hydrogens (tertiary/aromatic N) is 1. The van der Waals surface area contributed by atoms with Crippen LogP contribution in [-0.2, 0) is 14.3 Å². The van der Waals surface area contributed by atoms with E-state index < -0.39 is 6.04 Å². The van der Waals surface area contributed by atoms with Gasteiger partial charge in [-0.15, -0.1) is 0 Å². The summed E-state index contributed by atoms with van der Waals surface area (Å²) < 4.78 is 4.67. The number of hydrogen-bond donors (Lipinski definition) is 1. The molecule has 1 rings (SSSR count). The molecular weight excluding hydrogens is 256 g/mol. The number of hydrogen-bond acceptors (Lipinski definition) is 4. The molecule has 1 fully saturated rings. The summed E-state index contributed by atoms with van der Waals surface area (Å²) in [4.78, 5) is 25.1. The molecule has 2 atom stereocenters. The topological polar surface area (TPSA) is 72.6 Å². The largest absolute Gasteiger partial charge is 0.469 e. The minimum atomic E-state index is -0.451. The molecule has 1 aliphatic rings. The molecule has 2 N–H and O–H groups in total. The van der Waals surface area contributed by atoms with E-state index in [9.17, 15) is 9.59 Å². The fraction of sp³-hybridized carbons (Fsp3) is 0.867. The van der Waals surface area contributed by atoms with Gasteiger partial charge in [-0.2, -0.15) is 0 Å². The first-order valence-electron chi connectivity index (χ1n) is 7.54. The molecule has 0 spiro atoms. The molecule has 0 saturated heterocycles. The van der Waals surface area contributed by atoms with Crippen molar-refractivity contribution in [2.75, 3.05) is 20.7 Å². The van der Waals surface area contributed by atoms with Gasteiger partial charge in [0.2, 0.25) is 5.91 Å². The summed E-state index contributed by atoms with van der Waals surface area (Å²) in [6.07, 6.45) is 6.93. The molecule has 0 aliphatic heterocycles. The highest BCUT2D eigenvalue weighted by Crippen LogP contribution is 2.27. The van der Waals surface area contributed by atoms with Gasteiger partial charge in [0.05, 0.1) is 19.1 Å². The summed E-state index contributed by atoms with van der Waals surface area (Å²) in [6.45, 7) is 2.10. The van der Waals surface area contributed by atoms with E-state index in [4.69, 9.17) is 5.73 Å². The monoisotopic (exact) mass is 284 g/mol. The van der Waals surface area contributed by atoms with Crippen LogP contribution in [0.5, 0.6) is 0 Å². The number of carbonyl (C=O) groups is 2. The van der Waals surface area contributed by atoms with Crippen molar-refractivity contribution in [1.82, 2.24) is 4.90 Å². The van der Waals surface area contributed by atoms with Crippen LogP contribution in [0.15, 0.2) is 0 Å². The Labute approximate surface area is 121 Å². The SMILES string of the molecule is COC(=O)C(C)CN(C)C(=O)C(N)CC1CCCCC1. The van der Waals surface area contributed by atoms with Crippen LogP contribution in [0.25, 0.3) is 0 Å². The lowest BCUT2D eigenvalue weighted by Gasteiger charge is -2.27. The van der Waals surface area contributed by atoms with Crippen LogP contribution in [0.2, 0.25) is 0 Å². The van der Waals surface area contributed by atoms with E-state index in [1.54, 1.807) is 18.9 Å². The summed E-state index contributed by atoms with van der Waals surface area (Å²) in [7, 11) is 3.05. The number of likely N-dealkylation sites (N-methyl/N-ethyl adjacent to an activating group) is 1. The van der Waals surface area contributed by atoms with Crippen LogP contribution < -0.4 is 5.73 Å². The Bertz CT molecular complexity index is 327. The van der Waals surface area contributed by atoms with Gasteiger partial charge in [-0.25, -0.2) is 0 Å². The number of carbonyl (C=O) groups excluding carboxylic acids is 2. The fourth-order valence-electron chi connectivity index (χ4n) is 2.94. The maximum Gasteiger partial charge on any atom is 0.310 e. The first-order valence-corrected chi connectivity index (χ1v) is 7.54. The first-order chi connectivity index (χ1) is 9.45. The maximum atomic E-state index is 12.2. The third-order valence-corrected chi connectivity index (χ3v) is 4.16. The lowest BCUT2D eigenvalue weighted by atomic mass is 9.85. The van der Waals surface area contributed by atoms with Gasteiger partial charge >= 0.3 is 5.97 Å². The van der Waals surface area contributed by atoms with Gasteiger partial charge in [0.15, 0.2) is 0 Å². The van der Waals surface area contributed by atoms with E-state index in [0.717, 1.165) is 6.42 Å². The molecule has 1 aliphatic carbocycles. The van der Waals surface area contributed by atoms with Gasteiger partial charge in [-0.1, -0.05) is 39.0 Å². The first kappa shape index (κ1) is 17.0. The van der Waals surface area contributed by atoms with Crippen LogP contribution in [0, 0.1) is 11.8 Å². The van der Waals surface area contributed by atoms with Gasteiger partial charge in [-0.05, 0) is 12.3 Å². The number of esters is 1. The molecular formula is C15H28N2O3. The van der Waals surface area contributed by atoms with E-state index in [1.165, 1.54) is 39.2 Å². The van der Waals surface area contributed by atoms with Crippen LogP contribution in [0.4, 0.5) is 0 Å². The number of methoxy groups -OCH3 is 1. The van der Waals surface area contributed by atoms with Crippen molar-refractivity contribution in [3.8, 4) is 0 Å². The molecule has 20 heavy (non-hydrogen) atoms. The lowest BCUT2D eigenvalue weighted by molar-refractivity contribution is -0.146. The second-order valence-corrected chi connectivity index (χ2v) is 5.99. The average Bonchev–Trinajstić information content (AvgIpc) is 2.46. The Hall–Kier alpha value is -1.10. The van der Waals surface area contributed by atoms with Gasteiger partial charge < -0.3 is 15.4 Å². The van der Waals surface area contributed by atoms with Crippen LogP contribution in [0.1, 0.15) is 45.4 Å². The third-order valence-electron chi connectivity index (χ3n) is 4.16. The Morgan fingerprint density at radius 3 is 2.45 bits per heavy atom. The highest BCUT2D eigenvalue weighted by atomic mass is 16.5. The Morgan fingerprint density at radius 1 is 1.30 bits per heavy atom. The molecule has 0 radical (unpaired) electrons.